The van der Waals surface area contributed by atoms with Gasteiger partial charge < -0.3 is 10.2 Å². The van der Waals surface area contributed by atoms with Gasteiger partial charge in [0.2, 0.25) is 0 Å². The van der Waals surface area contributed by atoms with Crippen LogP contribution in [0.2, 0.25) is 0 Å². The summed E-state index contributed by atoms with van der Waals surface area (Å²) in [5, 5.41) is 13.9. The number of hydrogen-bond donors (Lipinski definition) is 2. The van der Waals surface area contributed by atoms with E-state index in [2.05, 4.69) is 0 Å². The van der Waals surface area contributed by atoms with Crippen molar-refractivity contribution in [2.45, 2.75) is 0 Å². The van der Waals surface area contributed by atoms with E-state index in [1.807, 2.05) is 0 Å². The standard InChI is InChI=1S/CH2O3.U/c2-1(3)4;/h(H2,2,3,4);. The van der Waals surface area contributed by atoms with Crippen LogP contribution in [-0.2, 0) is 0 Å². The summed E-state index contributed by atoms with van der Waals surface area (Å²) in [7, 11) is 0. The maximum absolute atomic E-state index is 8.56. The molecular weight excluding hydrogens is 298 g/mol. The average Bonchev–Trinajstić information content (AvgIpc) is 0.811. The van der Waals surface area contributed by atoms with Crippen molar-refractivity contribution >= 4 is 6.16 Å². The van der Waals surface area contributed by atoms with E-state index in [1.165, 1.54) is 0 Å². The summed E-state index contributed by atoms with van der Waals surface area (Å²) in [5.41, 5.74) is 0. The zero-order valence-electron chi connectivity index (χ0n) is 2.30. The quantitative estimate of drug-likeness (QED) is 0.673. The summed E-state index contributed by atoms with van der Waals surface area (Å²) in [4.78, 5) is 8.56. The molecule has 3 nitrogen and oxygen atoms in total. The van der Waals surface area contributed by atoms with Gasteiger partial charge in [-0.1, -0.05) is 0 Å². The summed E-state index contributed by atoms with van der Waals surface area (Å²) in [6, 6.07) is 0. The Hall–Kier alpha value is 0.322. The molecule has 0 atom stereocenters. The Labute approximate surface area is 52.4 Å². The molecule has 0 bridgehead atoms. The second-order valence-electron chi connectivity index (χ2n) is 0.283. The van der Waals surface area contributed by atoms with Crippen LogP contribution in [-0.4, -0.2) is 16.4 Å². The minimum Gasteiger partial charge on any atom is -0.450 e. The smallest absolute Gasteiger partial charge is 0.450 e. The first-order valence-electron chi connectivity index (χ1n) is 0.651. The van der Waals surface area contributed by atoms with Crippen molar-refractivity contribution in [1.29, 1.82) is 0 Å². The third kappa shape index (κ3) is 225. The fourth-order valence-electron chi connectivity index (χ4n) is 0. The van der Waals surface area contributed by atoms with Crippen LogP contribution < -0.4 is 0 Å². The van der Waals surface area contributed by atoms with Crippen LogP contribution in [0.25, 0.3) is 0 Å². The predicted molar refractivity (Wildman–Crippen MR) is 10.7 cm³/mol. The van der Waals surface area contributed by atoms with Gasteiger partial charge >= 0.3 is 6.16 Å². The van der Waals surface area contributed by atoms with Crippen LogP contribution in [0.4, 0.5) is 4.79 Å². The van der Waals surface area contributed by atoms with Gasteiger partial charge in [-0.2, -0.15) is 0 Å². The Morgan fingerprint density at radius 2 is 1.40 bits per heavy atom. The number of hydrogen-bond acceptors (Lipinski definition) is 1. The topological polar surface area (TPSA) is 57.5 Å². The number of carbonyl (C=O) groups is 1. The Bertz CT molecular complexity index is 29.9. The summed E-state index contributed by atoms with van der Waals surface area (Å²) in [5.74, 6) is 0. The van der Waals surface area contributed by atoms with Gasteiger partial charge in [-0.05, 0) is 0 Å². The fourth-order valence-corrected chi connectivity index (χ4v) is 0. The molecule has 0 rings (SSSR count). The first kappa shape index (κ1) is 9.01. The molecule has 0 amide bonds. The summed E-state index contributed by atoms with van der Waals surface area (Å²) < 4.78 is 0. The van der Waals surface area contributed by atoms with E-state index in [9.17, 15) is 0 Å². The van der Waals surface area contributed by atoms with E-state index in [0.717, 1.165) is 0 Å². The molecule has 0 aromatic rings. The Morgan fingerprint density at radius 1 is 1.40 bits per heavy atom. The third-order valence-corrected chi connectivity index (χ3v) is 0. The molecule has 0 heterocycles. The van der Waals surface area contributed by atoms with E-state index < -0.39 is 6.16 Å². The third-order valence-electron chi connectivity index (χ3n) is 0. The largest absolute Gasteiger partial charge is 0.503 e. The first-order valence-corrected chi connectivity index (χ1v) is 0.651. The van der Waals surface area contributed by atoms with Crippen LogP contribution in [0, 0.1) is 31.1 Å². The minimum absolute atomic E-state index is 0. The summed E-state index contributed by atoms with van der Waals surface area (Å²) in [6.45, 7) is 0. The Morgan fingerprint density at radius 3 is 1.40 bits per heavy atom. The fraction of sp³-hybridized carbons (Fsp3) is 0. The molecule has 4 heteroatoms. The van der Waals surface area contributed by atoms with Crippen molar-refractivity contribution in [2.24, 2.45) is 0 Å². The first-order chi connectivity index (χ1) is 1.73. The molecule has 0 fully saturated rings. The molecule has 5 heavy (non-hydrogen) atoms. The van der Waals surface area contributed by atoms with Crippen LogP contribution >= 0.6 is 0 Å². The van der Waals surface area contributed by atoms with Crippen molar-refractivity contribution in [2.75, 3.05) is 0 Å². The minimum atomic E-state index is -1.83. The van der Waals surface area contributed by atoms with Gasteiger partial charge in [0.1, 0.15) is 0 Å². The second kappa shape index (κ2) is 4.32. The monoisotopic (exact) mass is 300 g/mol. The van der Waals surface area contributed by atoms with E-state index >= 15 is 0 Å². The zero-order valence-corrected chi connectivity index (χ0v) is 6.47. The van der Waals surface area contributed by atoms with Crippen LogP contribution in [0.15, 0.2) is 0 Å². The van der Waals surface area contributed by atoms with Crippen LogP contribution in [0.3, 0.4) is 0 Å². The second-order valence-corrected chi connectivity index (χ2v) is 0.283. The predicted octanol–water partition coefficient (Wildman–Crippen LogP) is 0.222. The van der Waals surface area contributed by atoms with E-state index in [0.29, 0.717) is 0 Å². The molecule has 28 valence electrons. The number of carboxylic acid groups (broad SMARTS) is 2. The Balaban J connectivity index is 0. The molecule has 0 saturated carbocycles. The zero-order chi connectivity index (χ0) is 3.58. The van der Waals surface area contributed by atoms with Crippen molar-refractivity contribution in [3.8, 4) is 0 Å². The van der Waals surface area contributed by atoms with Gasteiger partial charge in [0, 0.05) is 31.1 Å². The van der Waals surface area contributed by atoms with Gasteiger partial charge in [-0.3, -0.25) is 0 Å². The van der Waals surface area contributed by atoms with Crippen molar-refractivity contribution < 1.29 is 46.1 Å². The van der Waals surface area contributed by atoms with Crippen LogP contribution in [0.1, 0.15) is 0 Å². The van der Waals surface area contributed by atoms with Gasteiger partial charge in [-0.25, -0.2) is 4.79 Å². The molecule has 0 spiro atoms. The van der Waals surface area contributed by atoms with Crippen molar-refractivity contribution in [1.82, 2.24) is 0 Å². The maximum Gasteiger partial charge on any atom is 0.503 e. The van der Waals surface area contributed by atoms with E-state index in [1.54, 1.807) is 0 Å². The Kier molecular flexibility index (Phi) is 7.79. The van der Waals surface area contributed by atoms with Gasteiger partial charge in [0.15, 0.2) is 0 Å². The molecule has 0 saturated heterocycles. The van der Waals surface area contributed by atoms with Gasteiger partial charge in [0.05, 0.1) is 0 Å². The van der Waals surface area contributed by atoms with Crippen LogP contribution in [0.5, 0.6) is 0 Å². The molecule has 0 radical (unpaired) electrons. The van der Waals surface area contributed by atoms with E-state index in [-0.39, 0.29) is 31.1 Å². The molecule has 0 aliphatic carbocycles. The molecule has 0 aliphatic rings. The molecular formula is CH2O3U. The summed E-state index contributed by atoms with van der Waals surface area (Å²) >= 11 is 0. The van der Waals surface area contributed by atoms with Gasteiger partial charge in [-0.15, -0.1) is 0 Å². The molecule has 0 unspecified atom stereocenters. The SMILES string of the molecule is O=C(O)O.[U]. The summed E-state index contributed by atoms with van der Waals surface area (Å²) in [6.07, 6.45) is -1.83. The van der Waals surface area contributed by atoms with Crippen molar-refractivity contribution in [3.05, 3.63) is 0 Å². The van der Waals surface area contributed by atoms with Crippen molar-refractivity contribution in [3.63, 3.8) is 0 Å². The van der Waals surface area contributed by atoms with Gasteiger partial charge in [0.25, 0.3) is 0 Å². The molecule has 0 aromatic heterocycles. The molecule has 0 aromatic carbocycles. The molecule has 0 aliphatic heterocycles. The normalized spacial score (nSPS) is 4.80. The average molecular weight is 300 g/mol. The maximum atomic E-state index is 8.56. The number of rotatable bonds is 0. The molecule has 2 N–H and O–H groups in total. The van der Waals surface area contributed by atoms with E-state index in [4.69, 9.17) is 15.0 Å².